The summed E-state index contributed by atoms with van der Waals surface area (Å²) < 4.78 is 5.45. The highest BCUT2D eigenvalue weighted by Crippen LogP contribution is 2.40. The van der Waals surface area contributed by atoms with Crippen molar-refractivity contribution in [3.05, 3.63) is 34.9 Å². The molecule has 1 fully saturated rings. The van der Waals surface area contributed by atoms with Gasteiger partial charge >= 0.3 is 0 Å². The van der Waals surface area contributed by atoms with Crippen LogP contribution in [-0.4, -0.2) is 6.61 Å². The zero-order valence-electron chi connectivity index (χ0n) is 7.75. The van der Waals surface area contributed by atoms with E-state index in [0.29, 0.717) is 0 Å². The van der Waals surface area contributed by atoms with Crippen LogP contribution in [0.2, 0.25) is 0 Å². The fourth-order valence-electron chi connectivity index (χ4n) is 2.06. The summed E-state index contributed by atoms with van der Waals surface area (Å²) >= 11 is 0. The van der Waals surface area contributed by atoms with Crippen molar-refractivity contribution in [3.8, 4) is 0 Å². The zero-order chi connectivity index (χ0) is 8.67. The van der Waals surface area contributed by atoms with Gasteiger partial charge in [0.1, 0.15) is 0 Å². The Morgan fingerprint density at radius 3 is 2.92 bits per heavy atom. The third-order valence-corrected chi connectivity index (χ3v) is 3.05. The standard InChI is InChI=1S/C12H14O/c1-2-9(1)11-4-3-10-5-6-13-8-12(10)7-11/h3-4,7,9H,1-2,5-6,8H2. The molecule has 0 saturated heterocycles. The Kier molecular flexibility index (Phi) is 1.66. The van der Waals surface area contributed by atoms with E-state index in [1.165, 1.54) is 29.5 Å². The molecule has 0 amide bonds. The lowest BCUT2D eigenvalue weighted by Crippen LogP contribution is -2.09. The molecule has 0 radical (unpaired) electrons. The lowest BCUT2D eigenvalue weighted by molar-refractivity contribution is 0.110. The molecule has 2 aliphatic rings. The molecule has 0 bridgehead atoms. The Morgan fingerprint density at radius 2 is 2.08 bits per heavy atom. The van der Waals surface area contributed by atoms with Crippen molar-refractivity contribution in [2.24, 2.45) is 0 Å². The van der Waals surface area contributed by atoms with Gasteiger partial charge in [0.05, 0.1) is 13.2 Å². The first-order chi connectivity index (χ1) is 6.43. The van der Waals surface area contributed by atoms with Gasteiger partial charge in [0.15, 0.2) is 0 Å². The molecular formula is C12H14O. The molecule has 0 N–H and O–H groups in total. The van der Waals surface area contributed by atoms with Gasteiger partial charge in [0, 0.05) is 0 Å². The monoisotopic (exact) mass is 174 g/mol. The van der Waals surface area contributed by atoms with Gasteiger partial charge in [-0.1, -0.05) is 18.2 Å². The first-order valence-corrected chi connectivity index (χ1v) is 5.13. The molecule has 1 saturated carbocycles. The van der Waals surface area contributed by atoms with Gasteiger partial charge in [-0.05, 0) is 41.9 Å². The Balaban J connectivity index is 1.98. The molecule has 13 heavy (non-hydrogen) atoms. The Hall–Kier alpha value is -0.820. The van der Waals surface area contributed by atoms with Crippen LogP contribution in [0.3, 0.4) is 0 Å². The van der Waals surface area contributed by atoms with Crippen LogP contribution in [0.15, 0.2) is 18.2 Å². The number of hydrogen-bond acceptors (Lipinski definition) is 1. The van der Waals surface area contributed by atoms with Crippen molar-refractivity contribution in [1.82, 2.24) is 0 Å². The topological polar surface area (TPSA) is 9.23 Å². The van der Waals surface area contributed by atoms with Gasteiger partial charge in [0.25, 0.3) is 0 Å². The second-order valence-electron chi connectivity index (χ2n) is 4.11. The third-order valence-electron chi connectivity index (χ3n) is 3.05. The molecule has 0 aromatic heterocycles. The van der Waals surface area contributed by atoms with Gasteiger partial charge in [-0.2, -0.15) is 0 Å². The average Bonchev–Trinajstić information content (AvgIpc) is 3.00. The molecule has 0 unspecified atom stereocenters. The maximum Gasteiger partial charge on any atom is 0.0719 e. The quantitative estimate of drug-likeness (QED) is 0.636. The molecule has 0 spiro atoms. The van der Waals surface area contributed by atoms with E-state index in [1.54, 1.807) is 0 Å². The highest BCUT2D eigenvalue weighted by atomic mass is 16.5. The highest BCUT2D eigenvalue weighted by Gasteiger charge is 2.24. The van der Waals surface area contributed by atoms with E-state index in [-0.39, 0.29) is 0 Å². The Bertz CT molecular complexity index is 326. The SMILES string of the molecule is c1cc2c(cc1C1CC1)COCC2. The third kappa shape index (κ3) is 1.37. The maximum absolute atomic E-state index is 5.45. The van der Waals surface area contributed by atoms with Crippen molar-refractivity contribution in [1.29, 1.82) is 0 Å². The van der Waals surface area contributed by atoms with Gasteiger partial charge in [-0.3, -0.25) is 0 Å². The average molecular weight is 174 g/mol. The molecular weight excluding hydrogens is 160 g/mol. The van der Waals surface area contributed by atoms with E-state index >= 15 is 0 Å². The highest BCUT2D eigenvalue weighted by molar-refractivity contribution is 5.36. The van der Waals surface area contributed by atoms with Crippen molar-refractivity contribution in [2.75, 3.05) is 6.61 Å². The summed E-state index contributed by atoms with van der Waals surface area (Å²) in [6.07, 6.45) is 3.87. The molecule has 1 heteroatoms. The summed E-state index contributed by atoms with van der Waals surface area (Å²) in [7, 11) is 0. The second-order valence-corrected chi connectivity index (χ2v) is 4.11. The summed E-state index contributed by atoms with van der Waals surface area (Å²) in [5.74, 6) is 0.868. The maximum atomic E-state index is 5.45. The van der Waals surface area contributed by atoms with Crippen LogP contribution in [-0.2, 0) is 17.8 Å². The smallest absolute Gasteiger partial charge is 0.0719 e. The van der Waals surface area contributed by atoms with Gasteiger partial charge in [-0.25, -0.2) is 0 Å². The van der Waals surface area contributed by atoms with Crippen molar-refractivity contribution >= 4 is 0 Å². The van der Waals surface area contributed by atoms with E-state index in [4.69, 9.17) is 4.74 Å². The van der Waals surface area contributed by atoms with Crippen molar-refractivity contribution < 1.29 is 4.74 Å². The van der Waals surface area contributed by atoms with Crippen LogP contribution < -0.4 is 0 Å². The molecule has 68 valence electrons. The number of fused-ring (bicyclic) bond motifs is 1. The minimum absolute atomic E-state index is 0.829. The minimum Gasteiger partial charge on any atom is -0.376 e. The zero-order valence-corrected chi connectivity index (χ0v) is 7.75. The molecule has 1 heterocycles. The van der Waals surface area contributed by atoms with Gasteiger partial charge in [0.2, 0.25) is 0 Å². The summed E-state index contributed by atoms with van der Waals surface area (Å²) in [5, 5.41) is 0. The van der Waals surface area contributed by atoms with Crippen LogP contribution in [0.4, 0.5) is 0 Å². The molecule has 1 aromatic rings. The van der Waals surface area contributed by atoms with Crippen LogP contribution >= 0.6 is 0 Å². The van der Waals surface area contributed by atoms with Gasteiger partial charge in [-0.15, -0.1) is 0 Å². The first-order valence-electron chi connectivity index (χ1n) is 5.13. The molecule has 1 aliphatic carbocycles. The fourth-order valence-corrected chi connectivity index (χ4v) is 2.06. The largest absolute Gasteiger partial charge is 0.376 e. The van der Waals surface area contributed by atoms with E-state index in [0.717, 1.165) is 25.6 Å². The molecule has 1 aliphatic heterocycles. The minimum atomic E-state index is 0.829. The van der Waals surface area contributed by atoms with Crippen LogP contribution in [0.1, 0.15) is 35.4 Å². The predicted molar refractivity (Wildman–Crippen MR) is 51.8 cm³/mol. The van der Waals surface area contributed by atoms with E-state index in [1.807, 2.05) is 0 Å². The predicted octanol–water partition coefficient (Wildman–Crippen LogP) is 2.64. The Labute approximate surface area is 78.7 Å². The lowest BCUT2D eigenvalue weighted by Gasteiger charge is -2.17. The number of ether oxygens (including phenoxy) is 1. The number of benzene rings is 1. The normalized spacial score (nSPS) is 21.2. The lowest BCUT2D eigenvalue weighted by atomic mass is 9.99. The second kappa shape index (κ2) is 2.85. The van der Waals surface area contributed by atoms with Crippen LogP contribution in [0, 0.1) is 0 Å². The Morgan fingerprint density at radius 1 is 1.15 bits per heavy atom. The molecule has 3 rings (SSSR count). The summed E-state index contributed by atoms with van der Waals surface area (Å²) in [6.45, 7) is 1.73. The summed E-state index contributed by atoms with van der Waals surface area (Å²) in [6, 6.07) is 6.96. The summed E-state index contributed by atoms with van der Waals surface area (Å²) in [4.78, 5) is 0. The van der Waals surface area contributed by atoms with Crippen LogP contribution in [0.25, 0.3) is 0 Å². The van der Waals surface area contributed by atoms with E-state index in [9.17, 15) is 0 Å². The molecule has 0 atom stereocenters. The fraction of sp³-hybridized carbons (Fsp3) is 0.500. The number of rotatable bonds is 1. The first kappa shape index (κ1) is 7.57. The number of hydrogen-bond donors (Lipinski definition) is 0. The molecule has 1 aromatic carbocycles. The van der Waals surface area contributed by atoms with E-state index < -0.39 is 0 Å². The van der Waals surface area contributed by atoms with Crippen molar-refractivity contribution in [3.63, 3.8) is 0 Å². The summed E-state index contributed by atoms with van der Waals surface area (Å²) in [5.41, 5.74) is 4.45. The van der Waals surface area contributed by atoms with E-state index in [2.05, 4.69) is 18.2 Å². The molecule has 1 nitrogen and oxygen atoms in total. The van der Waals surface area contributed by atoms with Crippen molar-refractivity contribution in [2.45, 2.75) is 31.8 Å². The van der Waals surface area contributed by atoms with Gasteiger partial charge < -0.3 is 4.74 Å². The van der Waals surface area contributed by atoms with Crippen LogP contribution in [0.5, 0.6) is 0 Å².